The number of pyridine rings is 1. The van der Waals surface area contributed by atoms with Crippen molar-refractivity contribution in [2.75, 3.05) is 6.54 Å². The number of nitrogens with one attached hydrogen (secondary N) is 2. The van der Waals surface area contributed by atoms with E-state index in [1.807, 2.05) is 13.8 Å². The molecule has 0 aliphatic heterocycles. The van der Waals surface area contributed by atoms with Gasteiger partial charge >= 0.3 is 5.97 Å². The summed E-state index contributed by atoms with van der Waals surface area (Å²) in [5.41, 5.74) is 0.622. The molecule has 0 bridgehead atoms. The summed E-state index contributed by atoms with van der Waals surface area (Å²) < 4.78 is 0. The highest BCUT2D eigenvalue weighted by atomic mass is 16.4. The van der Waals surface area contributed by atoms with Crippen LogP contribution < -0.4 is 10.9 Å². The zero-order valence-electron chi connectivity index (χ0n) is 11.0. The topological polar surface area (TPSA) is 99.3 Å². The number of aromatic nitrogens is 1. The SMILES string of the molecule is CC(C)Cc1cc(C(=O)NCCC(=O)O)cc(=O)[nH]1. The fraction of sp³-hybridized carbons (Fsp3) is 0.462. The van der Waals surface area contributed by atoms with E-state index in [9.17, 15) is 14.4 Å². The van der Waals surface area contributed by atoms with Crippen molar-refractivity contribution in [2.24, 2.45) is 5.92 Å². The van der Waals surface area contributed by atoms with Gasteiger partial charge in [-0.15, -0.1) is 0 Å². The molecule has 0 atom stereocenters. The van der Waals surface area contributed by atoms with Gasteiger partial charge in [-0.25, -0.2) is 0 Å². The predicted octanol–water partition coefficient (Wildman–Crippen LogP) is 0.778. The van der Waals surface area contributed by atoms with Gasteiger partial charge in [-0.2, -0.15) is 0 Å². The van der Waals surface area contributed by atoms with Crippen LogP contribution in [0.15, 0.2) is 16.9 Å². The van der Waals surface area contributed by atoms with E-state index in [1.54, 1.807) is 6.07 Å². The van der Waals surface area contributed by atoms with Crippen molar-refractivity contribution < 1.29 is 14.7 Å². The monoisotopic (exact) mass is 266 g/mol. The van der Waals surface area contributed by atoms with E-state index in [0.29, 0.717) is 18.0 Å². The first-order chi connectivity index (χ1) is 8.88. The number of aliphatic carboxylic acids is 1. The summed E-state index contributed by atoms with van der Waals surface area (Å²) in [6.45, 7) is 4.07. The Morgan fingerprint density at radius 2 is 2.05 bits per heavy atom. The molecule has 0 aromatic carbocycles. The lowest BCUT2D eigenvalue weighted by Gasteiger charge is -2.07. The molecule has 0 aliphatic carbocycles. The molecule has 104 valence electrons. The van der Waals surface area contributed by atoms with Gasteiger partial charge in [0.15, 0.2) is 0 Å². The van der Waals surface area contributed by atoms with E-state index in [0.717, 1.165) is 0 Å². The number of hydrogen-bond donors (Lipinski definition) is 3. The summed E-state index contributed by atoms with van der Waals surface area (Å²) in [6.07, 6.45) is 0.527. The third-order valence-corrected chi connectivity index (χ3v) is 2.41. The Morgan fingerprint density at radius 3 is 2.63 bits per heavy atom. The van der Waals surface area contributed by atoms with Crippen molar-refractivity contribution in [1.82, 2.24) is 10.3 Å². The fourth-order valence-corrected chi connectivity index (χ4v) is 1.67. The van der Waals surface area contributed by atoms with E-state index in [-0.39, 0.29) is 24.1 Å². The van der Waals surface area contributed by atoms with Crippen LogP contribution in [0.1, 0.15) is 36.3 Å². The number of carboxylic acid groups (broad SMARTS) is 1. The molecule has 0 aliphatic rings. The van der Waals surface area contributed by atoms with Crippen LogP contribution in [-0.2, 0) is 11.2 Å². The number of carbonyl (C=O) groups excluding carboxylic acids is 1. The molecule has 1 heterocycles. The molecule has 0 saturated heterocycles. The predicted molar refractivity (Wildman–Crippen MR) is 70.2 cm³/mol. The maximum absolute atomic E-state index is 11.8. The summed E-state index contributed by atoms with van der Waals surface area (Å²) in [6, 6.07) is 2.83. The summed E-state index contributed by atoms with van der Waals surface area (Å²) in [7, 11) is 0. The molecule has 0 saturated carbocycles. The second-order valence-corrected chi connectivity index (χ2v) is 4.76. The smallest absolute Gasteiger partial charge is 0.305 e. The molecule has 0 radical (unpaired) electrons. The lowest BCUT2D eigenvalue weighted by Crippen LogP contribution is -2.27. The van der Waals surface area contributed by atoms with Gasteiger partial charge in [0, 0.05) is 23.9 Å². The number of carbonyl (C=O) groups is 2. The maximum atomic E-state index is 11.8. The van der Waals surface area contributed by atoms with Gasteiger partial charge in [-0.05, 0) is 18.4 Å². The van der Waals surface area contributed by atoms with Crippen molar-refractivity contribution in [3.63, 3.8) is 0 Å². The molecular weight excluding hydrogens is 248 g/mol. The molecule has 6 nitrogen and oxygen atoms in total. The van der Waals surface area contributed by atoms with E-state index in [1.165, 1.54) is 6.07 Å². The highest BCUT2D eigenvalue weighted by molar-refractivity contribution is 5.94. The lowest BCUT2D eigenvalue weighted by molar-refractivity contribution is -0.136. The van der Waals surface area contributed by atoms with Crippen LogP contribution in [0.2, 0.25) is 0 Å². The number of hydrogen-bond acceptors (Lipinski definition) is 3. The third-order valence-electron chi connectivity index (χ3n) is 2.41. The lowest BCUT2D eigenvalue weighted by atomic mass is 10.1. The minimum absolute atomic E-state index is 0.0421. The van der Waals surface area contributed by atoms with Gasteiger partial charge in [0.2, 0.25) is 5.56 Å². The third kappa shape index (κ3) is 5.37. The van der Waals surface area contributed by atoms with Crippen molar-refractivity contribution in [3.05, 3.63) is 33.7 Å². The van der Waals surface area contributed by atoms with Gasteiger partial charge in [0.1, 0.15) is 0 Å². The first-order valence-electron chi connectivity index (χ1n) is 6.11. The zero-order valence-corrected chi connectivity index (χ0v) is 11.0. The van der Waals surface area contributed by atoms with Crippen LogP contribution in [0.3, 0.4) is 0 Å². The van der Waals surface area contributed by atoms with E-state index < -0.39 is 11.9 Å². The Bertz CT molecular complexity index is 520. The summed E-state index contributed by atoms with van der Waals surface area (Å²) in [5, 5.41) is 10.9. The van der Waals surface area contributed by atoms with Crippen molar-refractivity contribution in [1.29, 1.82) is 0 Å². The molecule has 0 fully saturated rings. The van der Waals surface area contributed by atoms with Gasteiger partial charge < -0.3 is 15.4 Å². The fourth-order valence-electron chi connectivity index (χ4n) is 1.67. The average Bonchev–Trinajstić information content (AvgIpc) is 2.26. The summed E-state index contributed by atoms with van der Waals surface area (Å²) in [5.74, 6) is -1.05. The molecule has 3 N–H and O–H groups in total. The van der Waals surface area contributed by atoms with Crippen LogP contribution in [0.25, 0.3) is 0 Å². The van der Waals surface area contributed by atoms with Gasteiger partial charge in [0.05, 0.1) is 6.42 Å². The second-order valence-electron chi connectivity index (χ2n) is 4.76. The molecule has 6 heteroatoms. The van der Waals surface area contributed by atoms with Gasteiger partial charge in [-0.3, -0.25) is 14.4 Å². The van der Waals surface area contributed by atoms with Gasteiger partial charge in [-0.1, -0.05) is 13.8 Å². The van der Waals surface area contributed by atoms with Crippen LogP contribution in [0.4, 0.5) is 0 Å². The molecule has 19 heavy (non-hydrogen) atoms. The standard InChI is InChI=1S/C13H18N2O4/c1-8(2)5-10-6-9(7-11(16)15-10)13(19)14-4-3-12(17)18/h6-8H,3-5H2,1-2H3,(H,14,19)(H,15,16)(H,17,18). The number of H-pyrrole nitrogens is 1. The minimum Gasteiger partial charge on any atom is -0.481 e. The van der Waals surface area contributed by atoms with Crippen molar-refractivity contribution >= 4 is 11.9 Å². The highest BCUT2D eigenvalue weighted by Gasteiger charge is 2.09. The second kappa shape index (κ2) is 6.72. The van der Waals surface area contributed by atoms with Crippen molar-refractivity contribution in [3.8, 4) is 0 Å². The molecular formula is C13H18N2O4. The van der Waals surface area contributed by atoms with E-state index >= 15 is 0 Å². The molecule has 1 aromatic heterocycles. The van der Waals surface area contributed by atoms with E-state index in [2.05, 4.69) is 10.3 Å². The average molecular weight is 266 g/mol. The highest BCUT2D eigenvalue weighted by Crippen LogP contribution is 2.06. The zero-order chi connectivity index (χ0) is 14.4. The first kappa shape index (κ1) is 14.9. The van der Waals surface area contributed by atoms with Crippen LogP contribution in [0, 0.1) is 5.92 Å². The minimum atomic E-state index is -0.980. The Morgan fingerprint density at radius 1 is 1.37 bits per heavy atom. The molecule has 1 rings (SSSR count). The molecule has 1 amide bonds. The summed E-state index contributed by atoms with van der Waals surface area (Å²) >= 11 is 0. The Kier molecular flexibility index (Phi) is 5.29. The maximum Gasteiger partial charge on any atom is 0.305 e. The van der Waals surface area contributed by atoms with Crippen molar-refractivity contribution in [2.45, 2.75) is 26.7 Å². The normalized spacial score (nSPS) is 10.5. The molecule has 0 spiro atoms. The number of amides is 1. The number of carboxylic acids is 1. The molecule has 1 aromatic rings. The quantitative estimate of drug-likeness (QED) is 0.708. The van der Waals surface area contributed by atoms with Crippen LogP contribution in [0.5, 0.6) is 0 Å². The van der Waals surface area contributed by atoms with Gasteiger partial charge in [0.25, 0.3) is 5.91 Å². The largest absolute Gasteiger partial charge is 0.481 e. The number of aromatic amines is 1. The van der Waals surface area contributed by atoms with Crippen LogP contribution in [-0.4, -0.2) is 28.5 Å². The Hall–Kier alpha value is -2.11. The number of rotatable bonds is 6. The van der Waals surface area contributed by atoms with Crippen LogP contribution >= 0.6 is 0 Å². The Balaban J connectivity index is 2.76. The first-order valence-corrected chi connectivity index (χ1v) is 6.11. The van der Waals surface area contributed by atoms with E-state index in [4.69, 9.17) is 5.11 Å². The molecule has 0 unspecified atom stereocenters. The Labute approximate surface area is 110 Å². The summed E-state index contributed by atoms with van der Waals surface area (Å²) in [4.78, 5) is 36.2.